The summed E-state index contributed by atoms with van der Waals surface area (Å²) >= 11 is 0. The minimum Gasteiger partial charge on any atom is -0.466 e. The van der Waals surface area contributed by atoms with Crippen molar-refractivity contribution in [3.8, 4) is 0 Å². The van der Waals surface area contributed by atoms with Gasteiger partial charge in [0.05, 0.1) is 18.8 Å². The molecule has 2 fully saturated rings. The summed E-state index contributed by atoms with van der Waals surface area (Å²) in [6.07, 6.45) is 0. The third-order valence-corrected chi connectivity index (χ3v) is 5.15. The summed E-state index contributed by atoms with van der Waals surface area (Å²) < 4.78 is 11.1. The number of nitrogens with zero attached hydrogens (tertiary/aromatic N) is 2. The second kappa shape index (κ2) is 6.05. The summed E-state index contributed by atoms with van der Waals surface area (Å²) in [7, 11) is 0. The zero-order valence-corrected chi connectivity index (χ0v) is 14.0. The van der Waals surface area contributed by atoms with Crippen LogP contribution in [-0.4, -0.2) is 61.1 Å². The number of carbonyl (C=O) groups is 1. The molecule has 22 heavy (non-hydrogen) atoms. The Labute approximate surface area is 132 Å². The smallest absolute Gasteiger partial charge is 0.257 e. The number of furan rings is 1. The van der Waals surface area contributed by atoms with Crippen molar-refractivity contribution >= 4 is 5.91 Å². The van der Waals surface area contributed by atoms with Gasteiger partial charge in [0.2, 0.25) is 0 Å². The van der Waals surface area contributed by atoms with E-state index in [4.69, 9.17) is 9.15 Å². The number of aryl methyl sites for hydroxylation is 2. The van der Waals surface area contributed by atoms with Crippen molar-refractivity contribution in [3.05, 3.63) is 22.6 Å². The molecule has 1 amide bonds. The first-order valence-electron chi connectivity index (χ1n) is 8.16. The van der Waals surface area contributed by atoms with Crippen molar-refractivity contribution in [2.75, 3.05) is 39.4 Å². The lowest BCUT2D eigenvalue weighted by Gasteiger charge is -2.33. The van der Waals surface area contributed by atoms with Crippen LogP contribution in [0.2, 0.25) is 0 Å². The minimum atomic E-state index is 0.120. The number of morpholine rings is 1. The van der Waals surface area contributed by atoms with E-state index in [-0.39, 0.29) is 5.91 Å². The highest BCUT2D eigenvalue weighted by molar-refractivity contribution is 5.97. The fraction of sp³-hybridized carbons (Fsp3) is 0.706. The maximum atomic E-state index is 12.9. The molecule has 0 aromatic carbocycles. The third-order valence-electron chi connectivity index (χ3n) is 5.15. The average molecular weight is 306 g/mol. The van der Waals surface area contributed by atoms with E-state index in [1.54, 1.807) is 0 Å². The van der Waals surface area contributed by atoms with Crippen molar-refractivity contribution in [2.24, 2.45) is 5.92 Å². The first-order valence-corrected chi connectivity index (χ1v) is 8.16. The monoisotopic (exact) mass is 306 g/mol. The van der Waals surface area contributed by atoms with E-state index >= 15 is 0 Å². The quantitative estimate of drug-likeness (QED) is 0.838. The van der Waals surface area contributed by atoms with Gasteiger partial charge >= 0.3 is 0 Å². The Morgan fingerprint density at radius 3 is 2.36 bits per heavy atom. The van der Waals surface area contributed by atoms with Crippen LogP contribution >= 0.6 is 0 Å². The third kappa shape index (κ3) is 2.68. The molecule has 2 saturated heterocycles. The molecule has 2 aliphatic rings. The van der Waals surface area contributed by atoms with E-state index < -0.39 is 0 Å². The highest BCUT2D eigenvalue weighted by Gasteiger charge is 2.38. The topological polar surface area (TPSA) is 45.9 Å². The lowest BCUT2D eigenvalue weighted by atomic mass is 10.0. The van der Waals surface area contributed by atoms with Crippen LogP contribution in [0.15, 0.2) is 4.42 Å². The Bertz CT molecular complexity index is 560. The zero-order chi connectivity index (χ0) is 15.9. The number of hydrogen-bond acceptors (Lipinski definition) is 4. The standard InChI is InChI=1S/C17H26N2O3/c1-11-9-19(10-15(11)18-5-7-21-8-6-18)17(20)16-12(2)13(3)22-14(16)4/h11,15H,5-10H2,1-4H3/t11-,15-/m0/s1. The fourth-order valence-corrected chi connectivity index (χ4v) is 3.77. The number of hydrogen-bond donors (Lipinski definition) is 0. The van der Waals surface area contributed by atoms with Gasteiger partial charge in [-0.1, -0.05) is 6.92 Å². The minimum absolute atomic E-state index is 0.120. The molecule has 0 bridgehead atoms. The molecule has 1 aromatic rings. The van der Waals surface area contributed by atoms with Crippen molar-refractivity contribution in [1.29, 1.82) is 0 Å². The Balaban J connectivity index is 1.74. The van der Waals surface area contributed by atoms with E-state index in [1.807, 2.05) is 25.7 Å². The predicted octanol–water partition coefficient (Wildman–Crippen LogP) is 2.00. The molecule has 122 valence electrons. The molecule has 0 radical (unpaired) electrons. The number of carbonyl (C=O) groups excluding carboxylic acids is 1. The van der Waals surface area contributed by atoms with Gasteiger partial charge in [0.1, 0.15) is 11.5 Å². The lowest BCUT2D eigenvalue weighted by Crippen LogP contribution is -2.47. The molecule has 2 atom stereocenters. The van der Waals surface area contributed by atoms with Crippen LogP contribution in [0.25, 0.3) is 0 Å². The van der Waals surface area contributed by atoms with E-state index in [0.717, 1.165) is 62.0 Å². The maximum absolute atomic E-state index is 12.9. The average Bonchev–Trinajstić information content (AvgIpc) is 3.00. The molecule has 5 nitrogen and oxygen atoms in total. The fourth-order valence-electron chi connectivity index (χ4n) is 3.77. The van der Waals surface area contributed by atoms with Gasteiger partial charge in [-0.25, -0.2) is 0 Å². The molecule has 3 heterocycles. The maximum Gasteiger partial charge on any atom is 0.257 e. The summed E-state index contributed by atoms with van der Waals surface area (Å²) in [5.41, 5.74) is 1.73. The molecule has 0 N–H and O–H groups in total. The summed E-state index contributed by atoms with van der Waals surface area (Å²) in [5, 5.41) is 0. The Morgan fingerprint density at radius 1 is 1.09 bits per heavy atom. The summed E-state index contributed by atoms with van der Waals surface area (Å²) in [5.74, 6) is 2.20. The van der Waals surface area contributed by atoms with Gasteiger partial charge in [-0.3, -0.25) is 9.69 Å². The summed E-state index contributed by atoms with van der Waals surface area (Å²) in [6.45, 7) is 13.2. The van der Waals surface area contributed by atoms with Crippen LogP contribution < -0.4 is 0 Å². The van der Waals surface area contributed by atoms with Crippen LogP contribution in [0.3, 0.4) is 0 Å². The van der Waals surface area contributed by atoms with E-state index in [1.165, 1.54) is 0 Å². The second-order valence-corrected chi connectivity index (χ2v) is 6.62. The van der Waals surface area contributed by atoms with Crippen molar-refractivity contribution < 1.29 is 13.9 Å². The van der Waals surface area contributed by atoms with Crippen molar-refractivity contribution in [2.45, 2.75) is 33.7 Å². The van der Waals surface area contributed by atoms with Crippen molar-refractivity contribution in [1.82, 2.24) is 9.80 Å². The lowest BCUT2D eigenvalue weighted by molar-refractivity contribution is 0.0119. The van der Waals surface area contributed by atoms with E-state index in [2.05, 4.69) is 11.8 Å². The molecular weight excluding hydrogens is 280 g/mol. The zero-order valence-electron chi connectivity index (χ0n) is 14.0. The van der Waals surface area contributed by atoms with Gasteiger partial charge in [0, 0.05) is 37.8 Å². The van der Waals surface area contributed by atoms with Gasteiger partial charge in [-0.05, 0) is 26.7 Å². The second-order valence-electron chi connectivity index (χ2n) is 6.62. The SMILES string of the molecule is Cc1oc(C)c(C(=O)N2C[C@H](C)[C@@H](N3CCOCC3)C2)c1C. The summed E-state index contributed by atoms with van der Waals surface area (Å²) in [4.78, 5) is 17.4. The Kier molecular flexibility index (Phi) is 4.28. The largest absolute Gasteiger partial charge is 0.466 e. The molecule has 2 aliphatic heterocycles. The molecular formula is C17H26N2O3. The van der Waals surface area contributed by atoms with Gasteiger partial charge in [0.15, 0.2) is 0 Å². The predicted molar refractivity (Wildman–Crippen MR) is 84.2 cm³/mol. The Morgan fingerprint density at radius 2 is 1.77 bits per heavy atom. The van der Waals surface area contributed by atoms with Gasteiger partial charge in [-0.15, -0.1) is 0 Å². The highest BCUT2D eigenvalue weighted by atomic mass is 16.5. The van der Waals surface area contributed by atoms with E-state index in [9.17, 15) is 4.79 Å². The normalized spacial score (nSPS) is 26.6. The Hall–Kier alpha value is -1.33. The number of amides is 1. The van der Waals surface area contributed by atoms with Gasteiger partial charge < -0.3 is 14.1 Å². The number of rotatable bonds is 2. The van der Waals surface area contributed by atoms with Gasteiger partial charge in [0.25, 0.3) is 5.91 Å². The van der Waals surface area contributed by atoms with Crippen LogP contribution in [0.1, 0.15) is 34.4 Å². The molecule has 5 heteroatoms. The number of likely N-dealkylation sites (tertiary alicyclic amines) is 1. The highest BCUT2D eigenvalue weighted by Crippen LogP contribution is 2.27. The molecule has 3 rings (SSSR count). The van der Waals surface area contributed by atoms with E-state index in [0.29, 0.717) is 12.0 Å². The van der Waals surface area contributed by atoms with Crippen LogP contribution in [0, 0.1) is 26.7 Å². The molecule has 0 unspecified atom stereocenters. The van der Waals surface area contributed by atoms with Crippen molar-refractivity contribution in [3.63, 3.8) is 0 Å². The van der Waals surface area contributed by atoms with Crippen LogP contribution in [0.5, 0.6) is 0 Å². The summed E-state index contributed by atoms with van der Waals surface area (Å²) in [6, 6.07) is 0.446. The van der Waals surface area contributed by atoms with Crippen LogP contribution in [0.4, 0.5) is 0 Å². The first kappa shape index (κ1) is 15.6. The first-order chi connectivity index (χ1) is 10.5. The van der Waals surface area contributed by atoms with Gasteiger partial charge in [-0.2, -0.15) is 0 Å². The molecule has 0 spiro atoms. The molecule has 0 saturated carbocycles. The number of ether oxygens (including phenoxy) is 1. The molecule has 1 aromatic heterocycles. The van der Waals surface area contributed by atoms with Crippen LogP contribution in [-0.2, 0) is 4.74 Å². The molecule has 0 aliphatic carbocycles.